The molecule has 2 aromatic carbocycles. The van der Waals surface area contributed by atoms with Gasteiger partial charge in [-0.1, -0.05) is 23.7 Å². The predicted molar refractivity (Wildman–Crippen MR) is 98.0 cm³/mol. The normalized spacial score (nSPS) is 10.3. The lowest BCUT2D eigenvalue weighted by Crippen LogP contribution is -2.08. The van der Waals surface area contributed by atoms with Crippen molar-refractivity contribution in [3.05, 3.63) is 58.6 Å². The number of methoxy groups -OCH3 is 1. The molecule has 2 aromatic rings. The minimum absolute atomic E-state index is 0.0626. The molecule has 1 N–H and O–H groups in total. The van der Waals surface area contributed by atoms with Gasteiger partial charge < -0.3 is 14.8 Å². The number of hydrogen-bond acceptors (Lipinski definition) is 4. The first-order chi connectivity index (χ1) is 12.0. The van der Waals surface area contributed by atoms with Crippen LogP contribution < -0.4 is 14.8 Å². The number of halogens is 1. The van der Waals surface area contributed by atoms with Crippen molar-refractivity contribution in [2.45, 2.75) is 6.92 Å². The lowest BCUT2D eigenvalue weighted by Gasteiger charge is -2.09. The molecule has 0 aliphatic heterocycles. The van der Waals surface area contributed by atoms with Crippen molar-refractivity contribution in [3.8, 4) is 17.6 Å². The van der Waals surface area contributed by atoms with Crippen LogP contribution in [0.15, 0.2) is 42.5 Å². The van der Waals surface area contributed by atoms with Crippen LogP contribution in [0.5, 0.6) is 11.5 Å². The maximum atomic E-state index is 12.1. The molecule has 0 atom stereocenters. The predicted octanol–water partition coefficient (Wildman–Crippen LogP) is 4.21. The number of carbonyl (C=O) groups is 1. The average molecular weight is 357 g/mol. The van der Waals surface area contributed by atoms with Crippen molar-refractivity contribution in [2.75, 3.05) is 19.0 Å². The van der Waals surface area contributed by atoms with Crippen LogP contribution in [0.25, 0.3) is 6.08 Å². The Hall–Kier alpha value is -2.97. The van der Waals surface area contributed by atoms with E-state index >= 15 is 0 Å². The van der Waals surface area contributed by atoms with E-state index in [0.29, 0.717) is 22.2 Å². The Morgan fingerprint density at radius 3 is 2.80 bits per heavy atom. The topological polar surface area (TPSA) is 71.3 Å². The van der Waals surface area contributed by atoms with E-state index in [1.165, 1.54) is 13.2 Å². The van der Waals surface area contributed by atoms with Crippen LogP contribution in [0, 0.1) is 18.3 Å². The number of hydrogen-bond donors (Lipinski definition) is 1. The van der Waals surface area contributed by atoms with Crippen LogP contribution in [0.1, 0.15) is 11.1 Å². The van der Waals surface area contributed by atoms with E-state index < -0.39 is 0 Å². The Morgan fingerprint density at radius 2 is 2.08 bits per heavy atom. The number of ether oxygens (including phenoxy) is 2. The number of amides is 1. The first kappa shape index (κ1) is 18.4. The highest BCUT2D eigenvalue weighted by molar-refractivity contribution is 6.31. The standard InChI is InChI=1S/C19H17ClN2O3/c1-13-3-6-15(20)12-16(13)22-19(23)8-5-14-4-7-17(25-10-9-21)18(11-14)24-2/h3-8,11-12H,10H2,1-2H3,(H,22,23)/b8-5+. The van der Waals surface area contributed by atoms with Gasteiger partial charge in [-0.05, 0) is 48.4 Å². The largest absolute Gasteiger partial charge is 0.493 e. The number of anilines is 1. The molecular weight excluding hydrogens is 340 g/mol. The highest BCUT2D eigenvalue weighted by Crippen LogP contribution is 2.28. The number of nitriles is 1. The molecule has 0 spiro atoms. The summed E-state index contributed by atoms with van der Waals surface area (Å²) >= 11 is 5.94. The molecule has 128 valence electrons. The molecule has 5 nitrogen and oxygen atoms in total. The fourth-order valence-corrected chi connectivity index (χ4v) is 2.26. The van der Waals surface area contributed by atoms with Gasteiger partial charge in [-0.3, -0.25) is 4.79 Å². The third-order valence-corrected chi connectivity index (χ3v) is 3.60. The summed E-state index contributed by atoms with van der Waals surface area (Å²) in [5, 5.41) is 11.9. The van der Waals surface area contributed by atoms with Gasteiger partial charge in [0.25, 0.3) is 0 Å². The Bertz CT molecular complexity index is 841. The zero-order valence-corrected chi connectivity index (χ0v) is 14.6. The molecular formula is C19H17ClN2O3. The van der Waals surface area contributed by atoms with Gasteiger partial charge in [-0.25, -0.2) is 0 Å². The second-order valence-electron chi connectivity index (χ2n) is 5.14. The van der Waals surface area contributed by atoms with Crippen molar-refractivity contribution in [3.63, 3.8) is 0 Å². The van der Waals surface area contributed by atoms with Crippen molar-refractivity contribution in [2.24, 2.45) is 0 Å². The highest BCUT2D eigenvalue weighted by Gasteiger charge is 2.06. The number of aryl methyl sites for hydroxylation is 1. The van der Waals surface area contributed by atoms with Crippen LogP contribution in [-0.4, -0.2) is 19.6 Å². The Balaban J connectivity index is 2.09. The van der Waals surface area contributed by atoms with Crippen molar-refractivity contribution in [1.82, 2.24) is 0 Å². The molecule has 0 fully saturated rings. The summed E-state index contributed by atoms with van der Waals surface area (Å²) in [6.07, 6.45) is 3.08. The molecule has 0 radical (unpaired) electrons. The quantitative estimate of drug-likeness (QED) is 0.787. The average Bonchev–Trinajstić information content (AvgIpc) is 2.61. The van der Waals surface area contributed by atoms with E-state index in [9.17, 15) is 4.79 Å². The van der Waals surface area contributed by atoms with Gasteiger partial charge in [0.15, 0.2) is 18.1 Å². The molecule has 0 unspecified atom stereocenters. The van der Waals surface area contributed by atoms with E-state index in [4.69, 9.17) is 26.3 Å². The van der Waals surface area contributed by atoms with E-state index in [1.54, 1.807) is 36.4 Å². The molecule has 0 aliphatic carbocycles. The summed E-state index contributed by atoms with van der Waals surface area (Å²) in [5.74, 6) is 0.692. The van der Waals surface area contributed by atoms with Crippen LogP contribution in [0.4, 0.5) is 5.69 Å². The van der Waals surface area contributed by atoms with Gasteiger partial charge in [0.1, 0.15) is 6.07 Å². The zero-order valence-electron chi connectivity index (χ0n) is 13.9. The fraction of sp³-hybridized carbons (Fsp3) is 0.158. The number of benzene rings is 2. The smallest absolute Gasteiger partial charge is 0.248 e. The lowest BCUT2D eigenvalue weighted by molar-refractivity contribution is -0.111. The summed E-state index contributed by atoms with van der Waals surface area (Å²) in [4.78, 5) is 12.1. The summed E-state index contributed by atoms with van der Waals surface area (Å²) in [5.41, 5.74) is 2.35. The van der Waals surface area contributed by atoms with Crippen LogP contribution >= 0.6 is 11.6 Å². The molecule has 0 saturated carbocycles. The van der Waals surface area contributed by atoms with E-state index in [1.807, 2.05) is 19.1 Å². The SMILES string of the molecule is COc1cc(/C=C/C(=O)Nc2cc(Cl)ccc2C)ccc1OCC#N. The fourth-order valence-electron chi connectivity index (χ4n) is 2.09. The van der Waals surface area contributed by atoms with Gasteiger partial charge in [0, 0.05) is 16.8 Å². The Kier molecular flexibility index (Phi) is 6.44. The summed E-state index contributed by atoms with van der Waals surface area (Å²) in [6.45, 7) is 1.83. The van der Waals surface area contributed by atoms with Crippen LogP contribution in [0.3, 0.4) is 0 Å². The molecule has 0 bridgehead atoms. The van der Waals surface area contributed by atoms with Crippen molar-refractivity contribution >= 4 is 29.3 Å². The van der Waals surface area contributed by atoms with Crippen LogP contribution in [-0.2, 0) is 4.79 Å². The highest BCUT2D eigenvalue weighted by atomic mass is 35.5. The first-order valence-corrected chi connectivity index (χ1v) is 7.84. The monoisotopic (exact) mass is 356 g/mol. The maximum absolute atomic E-state index is 12.1. The van der Waals surface area contributed by atoms with Crippen molar-refractivity contribution < 1.29 is 14.3 Å². The van der Waals surface area contributed by atoms with Crippen molar-refractivity contribution in [1.29, 1.82) is 5.26 Å². The maximum Gasteiger partial charge on any atom is 0.248 e. The van der Waals surface area contributed by atoms with Gasteiger partial charge in [-0.15, -0.1) is 0 Å². The van der Waals surface area contributed by atoms with Crippen LogP contribution in [0.2, 0.25) is 5.02 Å². The number of carbonyl (C=O) groups excluding carboxylic acids is 1. The molecule has 6 heteroatoms. The lowest BCUT2D eigenvalue weighted by atomic mass is 10.1. The molecule has 0 heterocycles. The molecule has 0 aliphatic rings. The molecule has 25 heavy (non-hydrogen) atoms. The van der Waals surface area contributed by atoms with Gasteiger partial charge in [0.05, 0.1) is 7.11 Å². The number of nitrogens with zero attached hydrogens (tertiary/aromatic N) is 1. The second kappa shape index (κ2) is 8.76. The minimum Gasteiger partial charge on any atom is -0.493 e. The van der Waals surface area contributed by atoms with Gasteiger partial charge in [0.2, 0.25) is 5.91 Å². The number of rotatable bonds is 6. The third kappa shape index (κ3) is 5.27. The first-order valence-electron chi connectivity index (χ1n) is 7.46. The molecule has 0 saturated heterocycles. The summed E-state index contributed by atoms with van der Waals surface area (Å²) in [7, 11) is 1.51. The van der Waals surface area contributed by atoms with Gasteiger partial charge >= 0.3 is 0 Å². The Labute approximate surface area is 151 Å². The Morgan fingerprint density at radius 1 is 1.28 bits per heavy atom. The summed E-state index contributed by atoms with van der Waals surface area (Å²) in [6, 6.07) is 12.4. The molecule has 0 aromatic heterocycles. The van der Waals surface area contributed by atoms with Gasteiger partial charge in [-0.2, -0.15) is 5.26 Å². The molecule has 2 rings (SSSR count). The minimum atomic E-state index is -0.269. The van der Waals surface area contributed by atoms with E-state index in [0.717, 1.165) is 11.1 Å². The second-order valence-corrected chi connectivity index (χ2v) is 5.58. The van der Waals surface area contributed by atoms with E-state index in [2.05, 4.69) is 5.32 Å². The zero-order chi connectivity index (χ0) is 18.2. The third-order valence-electron chi connectivity index (χ3n) is 3.36. The summed E-state index contributed by atoms with van der Waals surface area (Å²) < 4.78 is 10.5. The number of nitrogens with one attached hydrogen (secondary N) is 1. The molecule has 1 amide bonds. The van der Waals surface area contributed by atoms with E-state index in [-0.39, 0.29) is 12.5 Å².